The highest BCUT2D eigenvalue weighted by atomic mass is 32.2. The second kappa shape index (κ2) is 3.62. The lowest BCUT2D eigenvalue weighted by atomic mass is 10.2. The first kappa shape index (κ1) is 8.40. The quantitative estimate of drug-likeness (QED) is 0.686. The number of thioether (sulfide) groups is 1. The Morgan fingerprint density at radius 3 is 2.91 bits per heavy atom. The number of aromatic nitrogens is 1. The molecule has 2 nitrogen and oxygen atoms in total. The van der Waals surface area contributed by atoms with Gasteiger partial charge >= 0.3 is 0 Å². The van der Waals surface area contributed by atoms with Crippen molar-refractivity contribution in [2.24, 2.45) is 0 Å². The van der Waals surface area contributed by atoms with Gasteiger partial charge in [0.15, 0.2) is 0 Å². The standard InChI is InChI=1S/C8H12N2S/c1-3-6-4-7(11-2)8(9)10-5-6/h4-5H,3H2,1-2H3,(H2,9,10). The van der Waals surface area contributed by atoms with E-state index in [1.165, 1.54) is 5.56 Å². The first-order chi connectivity index (χ1) is 5.27. The summed E-state index contributed by atoms with van der Waals surface area (Å²) in [7, 11) is 0. The molecule has 0 aliphatic carbocycles. The third-order valence-corrected chi connectivity index (χ3v) is 2.33. The van der Waals surface area contributed by atoms with Crippen molar-refractivity contribution in [2.45, 2.75) is 18.2 Å². The molecule has 0 amide bonds. The van der Waals surface area contributed by atoms with Gasteiger partial charge in [-0.1, -0.05) is 6.92 Å². The number of nitrogen functional groups attached to an aromatic ring is 1. The number of rotatable bonds is 2. The van der Waals surface area contributed by atoms with Gasteiger partial charge in [-0.25, -0.2) is 4.98 Å². The van der Waals surface area contributed by atoms with Crippen molar-refractivity contribution < 1.29 is 0 Å². The van der Waals surface area contributed by atoms with Gasteiger partial charge in [0, 0.05) is 11.1 Å². The van der Waals surface area contributed by atoms with E-state index in [2.05, 4.69) is 18.0 Å². The predicted octanol–water partition coefficient (Wildman–Crippen LogP) is 1.95. The summed E-state index contributed by atoms with van der Waals surface area (Å²) < 4.78 is 0. The van der Waals surface area contributed by atoms with Crippen LogP contribution in [0.15, 0.2) is 17.2 Å². The fourth-order valence-electron chi connectivity index (χ4n) is 0.853. The van der Waals surface area contributed by atoms with Crippen LogP contribution < -0.4 is 5.73 Å². The summed E-state index contributed by atoms with van der Waals surface area (Å²) >= 11 is 1.64. The molecular weight excluding hydrogens is 156 g/mol. The summed E-state index contributed by atoms with van der Waals surface area (Å²) in [6.45, 7) is 2.11. The van der Waals surface area contributed by atoms with Crippen LogP contribution in [-0.4, -0.2) is 11.2 Å². The lowest BCUT2D eigenvalue weighted by Crippen LogP contribution is -1.94. The molecule has 0 saturated carbocycles. The van der Waals surface area contributed by atoms with Crippen LogP contribution in [0.2, 0.25) is 0 Å². The largest absolute Gasteiger partial charge is 0.383 e. The molecule has 0 radical (unpaired) electrons. The number of pyridine rings is 1. The lowest BCUT2D eigenvalue weighted by molar-refractivity contribution is 1.08. The summed E-state index contributed by atoms with van der Waals surface area (Å²) in [5.74, 6) is 0.634. The number of nitrogens with two attached hydrogens (primary N) is 1. The minimum absolute atomic E-state index is 0.634. The minimum Gasteiger partial charge on any atom is -0.383 e. The first-order valence-electron chi connectivity index (χ1n) is 3.56. The van der Waals surface area contributed by atoms with Crippen LogP contribution in [-0.2, 0) is 6.42 Å². The van der Waals surface area contributed by atoms with E-state index >= 15 is 0 Å². The van der Waals surface area contributed by atoms with Crippen LogP contribution in [0, 0.1) is 0 Å². The number of hydrogen-bond donors (Lipinski definition) is 1. The molecule has 3 heteroatoms. The molecule has 0 fully saturated rings. The van der Waals surface area contributed by atoms with E-state index in [0.29, 0.717) is 5.82 Å². The molecule has 0 aliphatic rings. The van der Waals surface area contributed by atoms with Gasteiger partial charge in [-0.3, -0.25) is 0 Å². The normalized spacial score (nSPS) is 10.0. The Balaban J connectivity index is 3.02. The average Bonchev–Trinajstić information content (AvgIpc) is 2.05. The number of hydrogen-bond acceptors (Lipinski definition) is 3. The topological polar surface area (TPSA) is 38.9 Å². The molecule has 0 atom stereocenters. The molecule has 1 aromatic heterocycles. The van der Waals surface area contributed by atoms with E-state index in [0.717, 1.165) is 11.3 Å². The van der Waals surface area contributed by atoms with Gasteiger partial charge in [-0.15, -0.1) is 11.8 Å². The molecule has 1 heterocycles. The molecule has 0 unspecified atom stereocenters. The highest BCUT2D eigenvalue weighted by Crippen LogP contribution is 2.21. The lowest BCUT2D eigenvalue weighted by Gasteiger charge is -2.02. The van der Waals surface area contributed by atoms with Gasteiger partial charge in [0.1, 0.15) is 5.82 Å². The van der Waals surface area contributed by atoms with E-state index in [4.69, 9.17) is 5.73 Å². The Hall–Kier alpha value is -0.700. The SMILES string of the molecule is CCc1cnc(N)c(SC)c1. The molecule has 1 aromatic rings. The van der Waals surface area contributed by atoms with E-state index < -0.39 is 0 Å². The van der Waals surface area contributed by atoms with Crippen LogP contribution >= 0.6 is 11.8 Å². The first-order valence-corrected chi connectivity index (χ1v) is 4.78. The van der Waals surface area contributed by atoms with Gasteiger partial charge in [0.25, 0.3) is 0 Å². The monoisotopic (exact) mass is 168 g/mol. The van der Waals surface area contributed by atoms with Crippen LogP contribution in [0.25, 0.3) is 0 Å². The van der Waals surface area contributed by atoms with Crippen molar-refractivity contribution in [1.29, 1.82) is 0 Å². The Morgan fingerprint density at radius 2 is 2.36 bits per heavy atom. The zero-order valence-electron chi connectivity index (χ0n) is 6.79. The zero-order valence-corrected chi connectivity index (χ0v) is 7.61. The van der Waals surface area contributed by atoms with Crippen LogP contribution in [0.5, 0.6) is 0 Å². The van der Waals surface area contributed by atoms with Gasteiger partial charge < -0.3 is 5.73 Å². The molecule has 60 valence electrons. The van der Waals surface area contributed by atoms with E-state index in [1.807, 2.05) is 12.5 Å². The summed E-state index contributed by atoms with van der Waals surface area (Å²) in [5.41, 5.74) is 6.86. The van der Waals surface area contributed by atoms with E-state index in [-0.39, 0.29) is 0 Å². The maximum atomic E-state index is 5.62. The molecule has 0 bridgehead atoms. The van der Waals surface area contributed by atoms with Crippen LogP contribution in [0.1, 0.15) is 12.5 Å². The molecule has 1 rings (SSSR count). The highest BCUT2D eigenvalue weighted by molar-refractivity contribution is 7.98. The van der Waals surface area contributed by atoms with Gasteiger partial charge in [-0.05, 0) is 24.3 Å². The Bertz CT molecular complexity index is 248. The van der Waals surface area contributed by atoms with Crippen LogP contribution in [0.3, 0.4) is 0 Å². The second-order valence-corrected chi connectivity index (χ2v) is 3.13. The van der Waals surface area contributed by atoms with Gasteiger partial charge in [-0.2, -0.15) is 0 Å². The average molecular weight is 168 g/mol. The zero-order chi connectivity index (χ0) is 8.27. The number of nitrogens with zero attached hydrogens (tertiary/aromatic N) is 1. The fourth-order valence-corrected chi connectivity index (χ4v) is 1.38. The molecule has 0 aliphatic heterocycles. The Morgan fingerprint density at radius 1 is 1.64 bits per heavy atom. The molecule has 0 aromatic carbocycles. The summed E-state index contributed by atoms with van der Waals surface area (Å²) in [6.07, 6.45) is 4.85. The second-order valence-electron chi connectivity index (χ2n) is 2.28. The molecule has 2 N–H and O–H groups in total. The number of aryl methyl sites for hydroxylation is 1. The van der Waals surface area contributed by atoms with E-state index in [9.17, 15) is 0 Å². The molecular formula is C8H12N2S. The van der Waals surface area contributed by atoms with Crippen LogP contribution in [0.4, 0.5) is 5.82 Å². The molecule has 0 spiro atoms. The Kier molecular flexibility index (Phi) is 2.76. The highest BCUT2D eigenvalue weighted by Gasteiger charge is 1.98. The van der Waals surface area contributed by atoms with Crippen molar-refractivity contribution in [3.8, 4) is 0 Å². The summed E-state index contributed by atoms with van der Waals surface area (Å²) in [4.78, 5) is 5.15. The summed E-state index contributed by atoms with van der Waals surface area (Å²) in [6, 6.07) is 2.09. The third-order valence-electron chi connectivity index (χ3n) is 1.57. The van der Waals surface area contributed by atoms with Crippen molar-refractivity contribution in [3.63, 3.8) is 0 Å². The van der Waals surface area contributed by atoms with Crippen molar-refractivity contribution in [3.05, 3.63) is 17.8 Å². The maximum absolute atomic E-state index is 5.62. The summed E-state index contributed by atoms with van der Waals surface area (Å²) in [5, 5.41) is 0. The van der Waals surface area contributed by atoms with Gasteiger partial charge in [0.2, 0.25) is 0 Å². The minimum atomic E-state index is 0.634. The van der Waals surface area contributed by atoms with Crippen molar-refractivity contribution in [2.75, 3.05) is 12.0 Å². The third kappa shape index (κ3) is 1.87. The fraction of sp³-hybridized carbons (Fsp3) is 0.375. The molecule has 11 heavy (non-hydrogen) atoms. The maximum Gasteiger partial charge on any atom is 0.137 e. The Labute approximate surface area is 71.2 Å². The van der Waals surface area contributed by atoms with Gasteiger partial charge in [0.05, 0.1) is 0 Å². The molecule has 0 saturated heterocycles. The van der Waals surface area contributed by atoms with Crippen molar-refractivity contribution in [1.82, 2.24) is 4.98 Å². The predicted molar refractivity (Wildman–Crippen MR) is 49.8 cm³/mol. The van der Waals surface area contributed by atoms with E-state index in [1.54, 1.807) is 11.8 Å². The van der Waals surface area contributed by atoms with Crippen molar-refractivity contribution >= 4 is 17.6 Å². The number of anilines is 1. The smallest absolute Gasteiger partial charge is 0.137 e.